The van der Waals surface area contributed by atoms with Crippen molar-refractivity contribution in [3.8, 4) is 11.5 Å². The minimum atomic E-state index is -0.338. The number of azo groups is 1. The normalized spacial score (nSPS) is 10.7. The molecule has 8 heteroatoms. The van der Waals surface area contributed by atoms with Gasteiger partial charge in [-0.15, -0.1) is 5.11 Å². The number of amides is 1. The molecule has 0 aliphatic heterocycles. The fourth-order valence-corrected chi connectivity index (χ4v) is 2.68. The third kappa shape index (κ3) is 4.91. The summed E-state index contributed by atoms with van der Waals surface area (Å²) in [5, 5.41) is 11.4. The van der Waals surface area contributed by atoms with Crippen LogP contribution in [-0.2, 0) is 0 Å². The highest BCUT2D eigenvalue weighted by molar-refractivity contribution is 6.03. The van der Waals surface area contributed by atoms with Crippen molar-refractivity contribution in [2.24, 2.45) is 10.2 Å². The highest BCUT2D eigenvalue weighted by atomic mass is 16.5. The van der Waals surface area contributed by atoms with E-state index in [0.29, 0.717) is 34.3 Å². The van der Waals surface area contributed by atoms with E-state index < -0.39 is 0 Å². The Kier molecular flexibility index (Phi) is 6.59. The summed E-state index contributed by atoms with van der Waals surface area (Å²) in [5.41, 5.74) is 2.98. The molecule has 0 spiro atoms. The summed E-state index contributed by atoms with van der Waals surface area (Å²) in [4.78, 5) is 18.4. The summed E-state index contributed by atoms with van der Waals surface area (Å²) in [5.74, 6) is 0.494. The molecule has 0 saturated carbocycles. The summed E-state index contributed by atoms with van der Waals surface area (Å²) >= 11 is 0. The molecular weight excluding hydrogens is 382 g/mol. The smallest absolute Gasteiger partial charge is 0.274 e. The van der Waals surface area contributed by atoms with Crippen LogP contribution in [0.5, 0.6) is 11.5 Å². The molecule has 3 aromatic rings. The van der Waals surface area contributed by atoms with E-state index in [1.807, 2.05) is 43.3 Å². The Bertz CT molecular complexity index is 1010. The molecule has 0 unspecified atom stereocenters. The van der Waals surface area contributed by atoms with Crippen LogP contribution in [0.15, 0.2) is 71.0 Å². The molecule has 0 saturated heterocycles. The van der Waals surface area contributed by atoms with Crippen molar-refractivity contribution in [3.05, 3.63) is 66.5 Å². The van der Waals surface area contributed by atoms with Crippen LogP contribution in [-0.4, -0.2) is 39.2 Å². The lowest BCUT2D eigenvalue weighted by Crippen LogP contribution is -2.13. The van der Waals surface area contributed by atoms with Crippen molar-refractivity contribution in [1.82, 2.24) is 4.98 Å². The zero-order valence-electron chi connectivity index (χ0n) is 17.3. The van der Waals surface area contributed by atoms with Gasteiger partial charge in [-0.25, -0.2) is 0 Å². The van der Waals surface area contributed by atoms with Crippen molar-refractivity contribution in [3.63, 3.8) is 0 Å². The van der Waals surface area contributed by atoms with E-state index in [-0.39, 0.29) is 5.91 Å². The molecule has 0 atom stereocenters. The standard InChI is InChI=1S/C22H23N5O3/c1-27(2)17-10-8-15(9-11-17)25-26-21-19(29-3)13-16(14-20(21)30-4)24-22(28)18-7-5-6-12-23-18/h5-14H,1-4H3,(H,24,28). The van der Waals surface area contributed by atoms with Crippen molar-refractivity contribution in [1.29, 1.82) is 0 Å². The van der Waals surface area contributed by atoms with Gasteiger partial charge in [0, 0.05) is 43.8 Å². The lowest BCUT2D eigenvalue weighted by Gasteiger charge is -2.13. The maximum atomic E-state index is 12.4. The van der Waals surface area contributed by atoms with Gasteiger partial charge in [0.15, 0.2) is 17.2 Å². The van der Waals surface area contributed by atoms with Gasteiger partial charge >= 0.3 is 0 Å². The van der Waals surface area contributed by atoms with Crippen molar-refractivity contribution >= 4 is 28.7 Å². The van der Waals surface area contributed by atoms with Gasteiger partial charge in [0.2, 0.25) is 0 Å². The van der Waals surface area contributed by atoms with Gasteiger partial charge in [-0.2, -0.15) is 5.11 Å². The van der Waals surface area contributed by atoms with Crippen LogP contribution in [0.25, 0.3) is 0 Å². The minimum Gasteiger partial charge on any atom is -0.494 e. The second kappa shape index (κ2) is 9.51. The molecular formula is C22H23N5O3. The number of aromatic nitrogens is 1. The number of anilines is 2. The molecule has 2 aromatic carbocycles. The molecule has 0 aliphatic rings. The first-order valence-corrected chi connectivity index (χ1v) is 9.19. The zero-order valence-corrected chi connectivity index (χ0v) is 17.3. The predicted octanol–water partition coefficient (Wildman–Crippen LogP) is 4.83. The molecule has 30 heavy (non-hydrogen) atoms. The summed E-state index contributed by atoms with van der Waals surface area (Å²) in [6.45, 7) is 0. The first kappa shape index (κ1) is 20.8. The maximum Gasteiger partial charge on any atom is 0.274 e. The highest BCUT2D eigenvalue weighted by Gasteiger charge is 2.15. The molecule has 0 fully saturated rings. The van der Waals surface area contributed by atoms with Gasteiger partial charge in [0.25, 0.3) is 5.91 Å². The molecule has 1 aromatic heterocycles. The molecule has 0 radical (unpaired) electrons. The van der Waals surface area contributed by atoms with Crippen molar-refractivity contribution in [2.75, 3.05) is 38.5 Å². The van der Waals surface area contributed by atoms with Crippen molar-refractivity contribution < 1.29 is 14.3 Å². The lowest BCUT2D eigenvalue weighted by atomic mass is 10.2. The zero-order chi connectivity index (χ0) is 21.5. The SMILES string of the molecule is COc1cc(NC(=O)c2ccccn2)cc(OC)c1N=Nc1ccc(N(C)C)cc1. The van der Waals surface area contributed by atoms with Gasteiger partial charge < -0.3 is 19.7 Å². The van der Waals surface area contributed by atoms with Gasteiger partial charge in [-0.3, -0.25) is 9.78 Å². The van der Waals surface area contributed by atoms with Gasteiger partial charge in [-0.05, 0) is 36.4 Å². The van der Waals surface area contributed by atoms with E-state index >= 15 is 0 Å². The number of hydrogen-bond acceptors (Lipinski definition) is 7. The lowest BCUT2D eigenvalue weighted by molar-refractivity contribution is 0.102. The fraction of sp³-hybridized carbons (Fsp3) is 0.182. The van der Waals surface area contributed by atoms with E-state index in [9.17, 15) is 4.79 Å². The number of nitrogens with zero attached hydrogens (tertiary/aromatic N) is 4. The van der Waals surface area contributed by atoms with E-state index in [2.05, 4.69) is 20.5 Å². The van der Waals surface area contributed by atoms with Gasteiger partial charge in [0.1, 0.15) is 5.69 Å². The number of methoxy groups -OCH3 is 2. The molecule has 0 aliphatic carbocycles. The Morgan fingerprint density at radius 3 is 2.17 bits per heavy atom. The molecule has 154 valence electrons. The number of rotatable bonds is 7. The number of carbonyl (C=O) groups excluding carboxylic acids is 1. The van der Waals surface area contributed by atoms with Crippen LogP contribution in [0.3, 0.4) is 0 Å². The van der Waals surface area contributed by atoms with Crippen LogP contribution in [0.4, 0.5) is 22.7 Å². The third-order valence-electron chi connectivity index (χ3n) is 4.27. The summed E-state index contributed by atoms with van der Waals surface area (Å²) in [6, 6.07) is 16.1. The number of hydrogen-bond donors (Lipinski definition) is 1. The first-order chi connectivity index (χ1) is 14.5. The predicted molar refractivity (Wildman–Crippen MR) is 117 cm³/mol. The second-order valence-corrected chi connectivity index (χ2v) is 6.51. The largest absolute Gasteiger partial charge is 0.494 e. The van der Waals surface area contributed by atoms with Crippen molar-refractivity contribution in [2.45, 2.75) is 0 Å². The topological polar surface area (TPSA) is 88.4 Å². The average Bonchev–Trinajstić information content (AvgIpc) is 2.78. The number of ether oxygens (including phenoxy) is 2. The maximum absolute atomic E-state index is 12.4. The third-order valence-corrected chi connectivity index (χ3v) is 4.27. The van der Waals surface area contributed by atoms with Crippen LogP contribution in [0.2, 0.25) is 0 Å². The summed E-state index contributed by atoms with van der Waals surface area (Å²) in [7, 11) is 6.98. The van der Waals surface area contributed by atoms with Crippen LogP contribution >= 0.6 is 0 Å². The number of nitrogens with one attached hydrogen (secondary N) is 1. The summed E-state index contributed by atoms with van der Waals surface area (Å²) < 4.78 is 10.9. The second-order valence-electron chi connectivity index (χ2n) is 6.51. The van der Waals surface area contributed by atoms with E-state index in [0.717, 1.165) is 5.69 Å². The summed E-state index contributed by atoms with van der Waals surface area (Å²) in [6.07, 6.45) is 1.56. The number of carbonyl (C=O) groups is 1. The fourth-order valence-electron chi connectivity index (χ4n) is 2.68. The Hall–Kier alpha value is -3.94. The van der Waals surface area contributed by atoms with E-state index in [1.165, 1.54) is 14.2 Å². The Morgan fingerprint density at radius 1 is 0.967 bits per heavy atom. The molecule has 1 heterocycles. The van der Waals surface area contributed by atoms with E-state index in [1.54, 1.807) is 36.5 Å². The Balaban J connectivity index is 1.87. The first-order valence-electron chi connectivity index (χ1n) is 9.19. The Labute approximate surface area is 175 Å². The molecule has 1 N–H and O–H groups in total. The number of benzene rings is 2. The average molecular weight is 405 g/mol. The van der Waals surface area contributed by atoms with E-state index in [4.69, 9.17) is 9.47 Å². The van der Waals surface area contributed by atoms with Crippen LogP contribution in [0, 0.1) is 0 Å². The monoisotopic (exact) mass is 405 g/mol. The minimum absolute atomic E-state index is 0.306. The molecule has 3 rings (SSSR count). The highest BCUT2D eigenvalue weighted by Crippen LogP contribution is 2.41. The molecule has 0 bridgehead atoms. The molecule has 8 nitrogen and oxygen atoms in total. The molecule has 1 amide bonds. The Morgan fingerprint density at radius 2 is 1.63 bits per heavy atom. The van der Waals surface area contributed by atoms with Crippen LogP contribution < -0.4 is 19.7 Å². The van der Waals surface area contributed by atoms with Gasteiger partial charge in [0.05, 0.1) is 19.9 Å². The van der Waals surface area contributed by atoms with Crippen LogP contribution in [0.1, 0.15) is 10.5 Å². The van der Waals surface area contributed by atoms with Gasteiger partial charge in [-0.1, -0.05) is 6.07 Å². The quantitative estimate of drug-likeness (QED) is 0.569. The number of pyridine rings is 1.